The van der Waals surface area contributed by atoms with Crippen molar-refractivity contribution < 1.29 is 4.74 Å². The molecule has 2 aromatic rings. The van der Waals surface area contributed by atoms with Gasteiger partial charge in [0.2, 0.25) is 0 Å². The molecule has 2 N–H and O–H groups in total. The molecule has 1 aliphatic rings. The van der Waals surface area contributed by atoms with Crippen molar-refractivity contribution in [2.75, 3.05) is 12.3 Å². The molecule has 1 heterocycles. The van der Waals surface area contributed by atoms with E-state index in [1.807, 2.05) is 29.1 Å². The van der Waals surface area contributed by atoms with Gasteiger partial charge in [-0.25, -0.2) is 4.68 Å². The molecule has 4 nitrogen and oxygen atoms in total. The fraction of sp³-hybridized carbons (Fsp3) is 0.417. The lowest BCUT2D eigenvalue weighted by Crippen LogP contribution is -2.06. The second kappa shape index (κ2) is 3.79. The van der Waals surface area contributed by atoms with E-state index in [1.165, 1.54) is 12.8 Å². The fourth-order valence-corrected chi connectivity index (χ4v) is 1.78. The second-order valence-electron chi connectivity index (χ2n) is 4.41. The minimum atomic E-state index is 0.517. The molecule has 0 amide bonds. The Kier molecular flexibility index (Phi) is 2.29. The van der Waals surface area contributed by atoms with Crippen molar-refractivity contribution in [3.63, 3.8) is 0 Å². The summed E-state index contributed by atoms with van der Waals surface area (Å²) in [5.74, 6) is 0.784. The number of hydrogen-bond donors (Lipinski definition) is 1. The van der Waals surface area contributed by atoms with Crippen LogP contribution in [-0.4, -0.2) is 16.4 Å². The fourth-order valence-electron chi connectivity index (χ4n) is 1.78. The zero-order valence-corrected chi connectivity index (χ0v) is 9.10. The summed E-state index contributed by atoms with van der Waals surface area (Å²) in [5, 5.41) is 5.39. The molecule has 1 fully saturated rings. The highest BCUT2D eigenvalue weighted by Gasteiger charge is 2.21. The Morgan fingerprint density at radius 3 is 3.12 bits per heavy atom. The van der Waals surface area contributed by atoms with Crippen LogP contribution < -0.4 is 5.73 Å². The third kappa shape index (κ3) is 1.88. The molecule has 0 unspecified atom stereocenters. The molecule has 0 aliphatic heterocycles. The standard InChI is InChI=1S/C12H15N3O/c13-11-4-3-10-6-14-15(12(10)5-11)8-16-7-9-1-2-9/h3-6,9H,1-2,7-8,13H2. The minimum absolute atomic E-state index is 0.517. The number of nitrogens with zero attached hydrogens (tertiary/aromatic N) is 2. The number of nitrogen functional groups attached to an aromatic ring is 1. The van der Waals surface area contributed by atoms with Gasteiger partial charge >= 0.3 is 0 Å². The smallest absolute Gasteiger partial charge is 0.140 e. The van der Waals surface area contributed by atoms with Crippen molar-refractivity contribution in [3.8, 4) is 0 Å². The van der Waals surface area contributed by atoms with Crippen molar-refractivity contribution >= 4 is 16.6 Å². The number of ether oxygens (including phenoxy) is 1. The third-order valence-electron chi connectivity index (χ3n) is 2.93. The number of aromatic nitrogens is 2. The van der Waals surface area contributed by atoms with Gasteiger partial charge in [-0.15, -0.1) is 0 Å². The maximum atomic E-state index is 5.76. The monoisotopic (exact) mass is 217 g/mol. The van der Waals surface area contributed by atoms with Gasteiger partial charge in [0.1, 0.15) is 6.73 Å². The molecule has 1 aromatic heterocycles. The summed E-state index contributed by atoms with van der Waals surface area (Å²) in [6.45, 7) is 1.37. The summed E-state index contributed by atoms with van der Waals surface area (Å²) < 4.78 is 7.46. The maximum absolute atomic E-state index is 5.76. The van der Waals surface area contributed by atoms with E-state index in [9.17, 15) is 0 Å². The molecule has 1 saturated carbocycles. The van der Waals surface area contributed by atoms with E-state index in [2.05, 4.69) is 5.10 Å². The summed E-state index contributed by atoms with van der Waals surface area (Å²) in [6.07, 6.45) is 4.47. The Morgan fingerprint density at radius 1 is 1.44 bits per heavy atom. The van der Waals surface area contributed by atoms with Crippen LogP contribution in [0.3, 0.4) is 0 Å². The summed E-state index contributed by atoms with van der Waals surface area (Å²) in [5.41, 5.74) is 7.56. The van der Waals surface area contributed by atoms with Crippen molar-refractivity contribution in [1.29, 1.82) is 0 Å². The Labute approximate surface area is 94.0 Å². The molecule has 16 heavy (non-hydrogen) atoms. The molecule has 0 radical (unpaired) electrons. The highest BCUT2D eigenvalue weighted by atomic mass is 16.5. The van der Waals surface area contributed by atoms with E-state index >= 15 is 0 Å². The quantitative estimate of drug-likeness (QED) is 0.797. The zero-order valence-electron chi connectivity index (χ0n) is 9.10. The summed E-state index contributed by atoms with van der Waals surface area (Å²) in [6, 6.07) is 5.80. The van der Waals surface area contributed by atoms with E-state index in [0.717, 1.165) is 29.1 Å². The van der Waals surface area contributed by atoms with Gasteiger partial charge in [-0.2, -0.15) is 5.10 Å². The number of hydrogen-bond acceptors (Lipinski definition) is 3. The molecule has 0 atom stereocenters. The van der Waals surface area contributed by atoms with Crippen LogP contribution in [0.25, 0.3) is 10.9 Å². The number of fused-ring (bicyclic) bond motifs is 1. The van der Waals surface area contributed by atoms with Gasteiger partial charge in [-0.1, -0.05) is 0 Å². The molecule has 0 saturated heterocycles. The minimum Gasteiger partial charge on any atom is -0.399 e. The van der Waals surface area contributed by atoms with Gasteiger partial charge in [0.25, 0.3) is 0 Å². The topological polar surface area (TPSA) is 53.1 Å². The van der Waals surface area contributed by atoms with Gasteiger partial charge in [-0.05, 0) is 37.0 Å². The molecular formula is C12H15N3O. The first kappa shape index (κ1) is 9.66. The van der Waals surface area contributed by atoms with Crippen LogP contribution in [0.5, 0.6) is 0 Å². The molecule has 84 valence electrons. The molecule has 4 heteroatoms. The first-order valence-corrected chi connectivity index (χ1v) is 5.62. The molecule has 3 rings (SSSR count). The largest absolute Gasteiger partial charge is 0.399 e. The number of anilines is 1. The van der Waals surface area contributed by atoms with Crippen LogP contribution in [0, 0.1) is 5.92 Å². The maximum Gasteiger partial charge on any atom is 0.140 e. The van der Waals surface area contributed by atoms with Gasteiger partial charge in [0.05, 0.1) is 18.3 Å². The summed E-state index contributed by atoms with van der Waals surface area (Å²) in [7, 11) is 0. The van der Waals surface area contributed by atoms with E-state index in [4.69, 9.17) is 10.5 Å². The van der Waals surface area contributed by atoms with Crippen LogP contribution in [-0.2, 0) is 11.5 Å². The highest BCUT2D eigenvalue weighted by Crippen LogP contribution is 2.29. The van der Waals surface area contributed by atoms with Crippen LogP contribution in [0.1, 0.15) is 12.8 Å². The first-order chi connectivity index (χ1) is 7.83. The van der Waals surface area contributed by atoms with Crippen LogP contribution in [0.2, 0.25) is 0 Å². The molecular weight excluding hydrogens is 202 g/mol. The lowest BCUT2D eigenvalue weighted by molar-refractivity contribution is 0.0640. The van der Waals surface area contributed by atoms with Crippen molar-refractivity contribution in [3.05, 3.63) is 24.4 Å². The number of nitrogens with two attached hydrogens (primary N) is 1. The van der Waals surface area contributed by atoms with Crippen LogP contribution in [0.4, 0.5) is 5.69 Å². The van der Waals surface area contributed by atoms with Crippen molar-refractivity contribution in [2.45, 2.75) is 19.6 Å². The Hall–Kier alpha value is -1.55. The van der Waals surface area contributed by atoms with Crippen molar-refractivity contribution in [2.24, 2.45) is 5.92 Å². The summed E-state index contributed by atoms with van der Waals surface area (Å²) >= 11 is 0. The molecule has 0 bridgehead atoms. The van der Waals surface area contributed by atoms with Crippen LogP contribution in [0.15, 0.2) is 24.4 Å². The average molecular weight is 217 g/mol. The predicted molar refractivity (Wildman–Crippen MR) is 62.8 cm³/mol. The Morgan fingerprint density at radius 2 is 2.31 bits per heavy atom. The molecule has 1 aromatic carbocycles. The van der Waals surface area contributed by atoms with Gasteiger partial charge in [-0.3, -0.25) is 0 Å². The van der Waals surface area contributed by atoms with Gasteiger partial charge < -0.3 is 10.5 Å². The van der Waals surface area contributed by atoms with E-state index in [0.29, 0.717) is 6.73 Å². The SMILES string of the molecule is Nc1ccc2cnn(COCC3CC3)c2c1. The van der Waals surface area contributed by atoms with E-state index < -0.39 is 0 Å². The molecule has 0 spiro atoms. The number of benzene rings is 1. The second-order valence-corrected chi connectivity index (χ2v) is 4.41. The predicted octanol–water partition coefficient (Wildman–Crippen LogP) is 2.00. The van der Waals surface area contributed by atoms with E-state index in [-0.39, 0.29) is 0 Å². The first-order valence-electron chi connectivity index (χ1n) is 5.62. The molecule has 1 aliphatic carbocycles. The Bertz CT molecular complexity index is 502. The normalized spacial score (nSPS) is 15.8. The Balaban J connectivity index is 1.76. The van der Waals surface area contributed by atoms with Crippen molar-refractivity contribution in [1.82, 2.24) is 9.78 Å². The third-order valence-corrected chi connectivity index (χ3v) is 2.93. The van der Waals surface area contributed by atoms with Gasteiger partial charge in [0.15, 0.2) is 0 Å². The van der Waals surface area contributed by atoms with Crippen LogP contribution >= 0.6 is 0 Å². The van der Waals surface area contributed by atoms with E-state index in [1.54, 1.807) is 0 Å². The highest BCUT2D eigenvalue weighted by molar-refractivity contribution is 5.81. The summed E-state index contributed by atoms with van der Waals surface area (Å²) in [4.78, 5) is 0. The van der Waals surface area contributed by atoms with Gasteiger partial charge in [0, 0.05) is 11.1 Å². The average Bonchev–Trinajstić information content (AvgIpc) is 3.01. The number of rotatable bonds is 4. The lowest BCUT2D eigenvalue weighted by Gasteiger charge is -2.05. The zero-order chi connectivity index (χ0) is 11.0. The lowest BCUT2D eigenvalue weighted by atomic mass is 10.2.